The van der Waals surface area contributed by atoms with Crippen LogP contribution in [-0.4, -0.2) is 17.1 Å². The van der Waals surface area contributed by atoms with Crippen LogP contribution in [0.25, 0.3) is 11.3 Å². The summed E-state index contributed by atoms with van der Waals surface area (Å²) in [7, 11) is 1.94. The average Bonchev–Trinajstić information content (AvgIpc) is 2.95. The second-order valence-electron chi connectivity index (χ2n) is 5.03. The number of hydrogen-bond acceptors (Lipinski definition) is 4. The quantitative estimate of drug-likeness (QED) is 0.840. The number of unbranched alkanes of at least 4 members (excludes halogenated alkanes) is 1. The molecule has 0 aliphatic rings. The van der Waals surface area contributed by atoms with Crippen molar-refractivity contribution in [3.63, 3.8) is 0 Å². The van der Waals surface area contributed by atoms with Gasteiger partial charge in [0, 0.05) is 10.9 Å². The minimum atomic E-state index is 0.269. The molecular weight excluding hydrogens is 268 g/mol. The van der Waals surface area contributed by atoms with Gasteiger partial charge in [-0.1, -0.05) is 13.3 Å². The molecule has 0 aliphatic carbocycles. The van der Waals surface area contributed by atoms with Crippen molar-refractivity contribution in [2.45, 2.75) is 39.2 Å². The first-order valence-corrected chi connectivity index (χ1v) is 7.98. The maximum absolute atomic E-state index is 9.91. The lowest BCUT2D eigenvalue weighted by Gasteiger charge is -2.07. The highest BCUT2D eigenvalue weighted by Crippen LogP contribution is 2.29. The van der Waals surface area contributed by atoms with E-state index in [4.69, 9.17) is 0 Å². The van der Waals surface area contributed by atoms with E-state index in [1.807, 2.05) is 13.1 Å². The van der Waals surface area contributed by atoms with Gasteiger partial charge in [0.1, 0.15) is 10.8 Å². The fourth-order valence-electron chi connectivity index (χ4n) is 2.05. The molecule has 1 unspecified atom stereocenters. The van der Waals surface area contributed by atoms with Crippen LogP contribution < -0.4 is 5.32 Å². The highest BCUT2D eigenvalue weighted by atomic mass is 32.1. The molecule has 108 valence electrons. The molecule has 0 saturated heterocycles. The van der Waals surface area contributed by atoms with Crippen LogP contribution in [0.5, 0.6) is 5.75 Å². The summed E-state index contributed by atoms with van der Waals surface area (Å²) in [6, 6.07) is 6.05. The number of benzene rings is 1. The van der Waals surface area contributed by atoms with Crippen molar-refractivity contribution in [3.8, 4) is 17.0 Å². The minimum absolute atomic E-state index is 0.269. The summed E-state index contributed by atoms with van der Waals surface area (Å²) < 4.78 is 0. The molecule has 0 radical (unpaired) electrons. The molecule has 0 aliphatic heterocycles. The molecule has 0 amide bonds. The van der Waals surface area contributed by atoms with Gasteiger partial charge in [-0.25, -0.2) is 4.98 Å². The zero-order valence-corrected chi connectivity index (χ0v) is 13.1. The predicted octanol–water partition coefficient (Wildman–Crippen LogP) is 4.14. The summed E-state index contributed by atoms with van der Waals surface area (Å²) >= 11 is 1.67. The molecule has 2 rings (SSSR count). The van der Waals surface area contributed by atoms with Gasteiger partial charge in [0.2, 0.25) is 0 Å². The summed E-state index contributed by atoms with van der Waals surface area (Å²) in [4.78, 5) is 4.68. The standard InChI is InChI=1S/C16H22N2OS/c1-4-5-6-13-9-12(7-8-15(13)19)14-10-20-16(18-14)11(2)17-3/h7-11,17,19H,4-6H2,1-3H3. The average molecular weight is 290 g/mol. The molecule has 2 N–H and O–H groups in total. The fourth-order valence-corrected chi connectivity index (χ4v) is 2.95. The highest BCUT2D eigenvalue weighted by Gasteiger charge is 2.11. The van der Waals surface area contributed by atoms with E-state index in [2.05, 4.69) is 35.6 Å². The Morgan fingerprint density at radius 1 is 1.40 bits per heavy atom. The maximum Gasteiger partial charge on any atom is 0.118 e. The highest BCUT2D eigenvalue weighted by molar-refractivity contribution is 7.10. The van der Waals surface area contributed by atoms with E-state index in [0.717, 1.165) is 41.1 Å². The number of aryl methyl sites for hydroxylation is 1. The topological polar surface area (TPSA) is 45.2 Å². The molecule has 4 heteroatoms. The molecule has 3 nitrogen and oxygen atoms in total. The second kappa shape index (κ2) is 6.86. The molecule has 0 bridgehead atoms. The van der Waals surface area contributed by atoms with Gasteiger partial charge in [-0.2, -0.15) is 0 Å². The van der Waals surface area contributed by atoms with Crippen molar-refractivity contribution in [2.24, 2.45) is 0 Å². The molecule has 1 atom stereocenters. The zero-order valence-electron chi connectivity index (χ0n) is 12.3. The third kappa shape index (κ3) is 3.38. The summed E-state index contributed by atoms with van der Waals surface area (Å²) in [6.07, 6.45) is 3.14. The third-order valence-corrected chi connectivity index (χ3v) is 4.53. The zero-order chi connectivity index (χ0) is 14.5. The number of phenols is 1. The molecule has 20 heavy (non-hydrogen) atoms. The van der Waals surface area contributed by atoms with Crippen LogP contribution in [-0.2, 0) is 6.42 Å². The fraction of sp³-hybridized carbons (Fsp3) is 0.438. The van der Waals surface area contributed by atoms with Gasteiger partial charge in [-0.05, 0) is 50.6 Å². The van der Waals surface area contributed by atoms with E-state index >= 15 is 0 Å². The molecular formula is C16H22N2OS. The molecule has 1 heterocycles. The Morgan fingerprint density at radius 3 is 2.90 bits per heavy atom. The van der Waals surface area contributed by atoms with E-state index in [0.29, 0.717) is 5.75 Å². The number of nitrogens with one attached hydrogen (secondary N) is 1. The smallest absolute Gasteiger partial charge is 0.118 e. The van der Waals surface area contributed by atoms with Crippen molar-refractivity contribution in [3.05, 3.63) is 34.2 Å². The lowest BCUT2D eigenvalue weighted by molar-refractivity contribution is 0.467. The number of nitrogens with zero attached hydrogens (tertiary/aromatic N) is 1. The van der Waals surface area contributed by atoms with E-state index in [-0.39, 0.29) is 6.04 Å². The van der Waals surface area contributed by atoms with Gasteiger partial charge in [-0.3, -0.25) is 0 Å². The Hall–Kier alpha value is -1.39. The van der Waals surface area contributed by atoms with Gasteiger partial charge >= 0.3 is 0 Å². The summed E-state index contributed by atoms with van der Waals surface area (Å²) in [5.74, 6) is 0.390. The molecule has 0 spiro atoms. The van der Waals surface area contributed by atoms with Gasteiger partial charge in [0.25, 0.3) is 0 Å². The first-order chi connectivity index (χ1) is 9.65. The number of aromatic hydroxyl groups is 1. The lowest BCUT2D eigenvalue weighted by Crippen LogP contribution is -2.11. The minimum Gasteiger partial charge on any atom is -0.508 e. The maximum atomic E-state index is 9.91. The number of hydrogen-bond donors (Lipinski definition) is 2. The van der Waals surface area contributed by atoms with Crippen molar-refractivity contribution in [1.29, 1.82) is 0 Å². The Balaban J connectivity index is 2.26. The van der Waals surface area contributed by atoms with E-state index in [1.54, 1.807) is 17.4 Å². The number of aromatic nitrogens is 1. The van der Waals surface area contributed by atoms with Gasteiger partial charge < -0.3 is 10.4 Å². The van der Waals surface area contributed by atoms with Gasteiger partial charge in [0.05, 0.1) is 11.7 Å². The Labute approximate surface area is 124 Å². The Kier molecular flexibility index (Phi) is 5.15. The van der Waals surface area contributed by atoms with Crippen molar-refractivity contribution < 1.29 is 5.11 Å². The monoisotopic (exact) mass is 290 g/mol. The Bertz CT molecular complexity index is 565. The molecule has 1 aromatic carbocycles. The Morgan fingerprint density at radius 2 is 2.20 bits per heavy atom. The van der Waals surface area contributed by atoms with Crippen LogP contribution >= 0.6 is 11.3 Å². The first-order valence-electron chi connectivity index (χ1n) is 7.10. The largest absolute Gasteiger partial charge is 0.508 e. The van der Waals surface area contributed by atoms with Crippen LogP contribution in [0.15, 0.2) is 23.6 Å². The van der Waals surface area contributed by atoms with Crippen LogP contribution in [0.3, 0.4) is 0 Å². The van der Waals surface area contributed by atoms with Crippen LogP contribution in [0, 0.1) is 0 Å². The van der Waals surface area contributed by atoms with Crippen molar-refractivity contribution in [2.75, 3.05) is 7.05 Å². The van der Waals surface area contributed by atoms with Gasteiger partial charge in [-0.15, -0.1) is 11.3 Å². The lowest BCUT2D eigenvalue weighted by atomic mass is 10.0. The molecule has 0 fully saturated rings. The molecule has 2 aromatic rings. The first kappa shape index (κ1) is 15.0. The molecule has 0 saturated carbocycles. The van der Waals surface area contributed by atoms with Crippen LogP contribution in [0.4, 0.5) is 0 Å². The summed E-state index contributed by atoms with van der Waals surface area (Å²) in [5.41, 5.74) is 3.09. The van der Waals surface area contributed by atoms with E-state index in [9.17, 15) is 5.11 Å². The van der Waals surface area contributed by atoms with Crippen molar-refractivity contribution >= 4 is 11.3 Å². The SMILES string of the molecule is CCCCc1cc(-c2csc(C(C)NC)n2)ccc1O. The van der Waals surface area contributed by atoms with Crippen LogP contribution in [0.2, 0.25) is 0 Å². The second-order valence-corrected chi connectivity index (χ2v) is 5.92. The summed E-state index contributed by atoms with van der Waals surface area (Å²) in [6.45, 7) is 4.26. The van der Waals surface area contributed by atoms with Gasteiger partial charge in [0.15, 0.2) is 0 Å². The number of phenolic OH excluding ortho intramolecular Hbond substituents is 1. The number of rotatable bonds is 6. The van der Waals surface area contributed by atoms with E-state index < -0.39 is 0 Å². The summed E-state index contributed by atoms with van der Waals surface area (Å²) in [5, 5.41) is 16.3. The third-order valence-electron chi connectivity index (χ3n) is 3.50. The molecule has 1 aromatic heterocycles. The predicted molar refractivity (Wildman–Crippen MR) is 85.3 cm³/mol. The van der Waals surface area contributed by atoms with E-state index in [1.165, 1.54) is 0 Å². The van der Waals surface area contributed by atoms with Crippen molar-refractivity contribution in [1.82, 2.24) is 10.3 Å². The number of thiazole rings is 1. The normalized spacial score (nSPS) is 12.6. The van der Waals surface area contributed by atoms with Crippen LogP contribution in [0.1, 0.15) is 43.3 Å².